The third-order valence-electron chi connectivity index (χ3n) is 3.55. The van der Waals surface area contributed by atoms with Gasteiger partial charge in [-0.15, -0.1) is 0 Å². The highest BCUT2D eigenvalue weighted by Gasteiger charge is 2.08. The van der Waals surface area contributed by atoms with Crippen molar-refractivity contribution in [2.45, 2.75) is 6.92 Å². The summed E-state index contributed by atoms with van der Waals surface area (Å²) in [5.74, 6) is 0.884. The van der Waals surface area contributed by atoms with Crippen LogP contribution in [0.5, 0.6) is 5.75 Å². The summed E-state index contributed by atoms with van der Waals surface area (Å²) < 4.78 is 7.79. The fourth-order valence-corrected chi connectivity index (χ4v) is 2.69. The number of para-hydroxylation sites is 1. The molecule has 2 heterocycles. The van der Waals surface area contributed by atoms with Gasteiger partial charge in [0.15, 0.2) is 0 Å². The number of fused-ring (bicyclic) bond motifs is 5. The maximum atomic E-state index is 5.60. The van der Waals surface area contributed by atoms with Gasteiger partial charge in [0, 0.05) is 6.07 Å². The Labute approximate surface area is 116 Å². The molecular weight excluding hydrogens is 248 g/mol. The summed E-state index contributed by atoms with van der Waals surface area (Å²) in [7, 11) is 0. The second-order valence-corrected chi connectivity index (χ2v) is 4.78. The van der Waals surface area contributed by atoms with Crippen molar-refractivity contribution in [3.05, 3.63) is 54.6 Å². The second-order valence-electron chi connectivity index (χ2n) is 4.78. The van der Waals surface area contributed by atoms with Crippen LogP contribution in [0.4, 0.5) is 0 Å². The Kier molecular flexibility index (Phi) is 2.39. The quantitative estimate of drug-likeness (QED) is 0.545. The van der Waals surface area contributed by atoms with Crippen LogP contribution in [0, 0.1) is 0 Å². The van der Waals surface area contributed by atoms with Crippen molar-refractivity contribution in [1.82, 2.24) is 9.38 Å². The first-order chi connectivity index (χ1) is 9.86. The monoisotopic (exact) mass is 262 g/mol. The zero-order valence-corrected chi connectivity index (χ0v) is 11.2. The van der Waals surface area contributed by atoms with Gasteiger partial charge < -0.3 is 4.74 Å². The van der Waals surface area contributed by atoms with Crippen molar-refractivity contribution in [3.63, 3.8) is 0 Å². The lowest BCUT2D eigenvalue weighted by Gasteiger charge is -2.05. The van der Waals surface area contributed by atoms with Crippen molar-refractivity contribution in [3.8, 4) is 5.75 Å². The van der Waals surface area contributed by atoms with Gasteiger partial charge in [0.1, 0.15) is 11.4 Å². The molecule has 2 aromatic carbocycles. The SMILES string of the molecule is CCOc1ccc2nc3ccc4ccccc4n3c2c1. The molecule has 0 amide bonds. The molecule has 3 heteroatoms. The van der Waals surface area contributed by atoms with Crippen LogP contribution in [-0.4, -0.2) is 16.0 Å². The predicted octanol–water partition coefficient (Wildman–Crippen LogP) is 4.04. The lowest BCUT2D eigenvalue weighted by molar-refractivity contribution is 0.340. The Morgan fingerprint density at radius 1 is 1.00 bits per heavy atom. The molecule has 0 unspecified atom stereocenters. The molecule has 0 radical (unpaired) electrons. The fourth-order valence-electron chi connectivity index (χ4n) is 2.69. The number of hydrogen-bond donors (Lipinski definition) is 0. The number of aromatic nitrogens is 2. The average molecular weight is 262 g/mol. The summed E-state index contributed by atoms with van der Waals surface area (Å²) in [6.07, 6.45) is 0. The first-order valence-corrected chi connectivity index (χ1v) is 6.79. The smallest absolute Gasteiger partial charge is 0.138 e. The summed E-state index contributed by atoms with van der Waals surface area (Å²) in [4.78, 5) is 4.67. The predicted molar refractivity (Wildman–Crippen MR) is 81.4 cm³/mol. The minimum absolute atomic E-state index is 0.670. The van der Waals surface area contributed by atoms with Crippen LogP contribution in [-0.2, 0) is 0 Å². The van der Waals surface area contributed by atoms with E-state index in [0.29, 0.717) is 6.61 Å². The van der Waals surface area contributed by atoms with Crippen LogP contribution in [0.15, 0.2) is 54.6 Å². The van der Waals surface area contributed by atoms with E-state index in [1.807, 2.05) is 19.1 Å². The minimum Gasteiger partial charge on any atom is -0.494 e. The van der Waals surface area contributed by atoms with E-state index in [4.69, 9.17) is 4.74 Å². The Bertz CT molecular complexity index is 924. The van der Waals surface area contributed by atoms with Gasteiger partial charge in [0.2, 0.25) is 0 Å². The number of pyridine rings is 1. The van der Waals surface area contributed by atoms with Crippen molar-refractivity contribution in [2.75, 3.05) is 6.61 Å². The van der Waals surface area contributed by atoms with Crippen LogP contribution in [0.2, 0.25) is 0 Å². The summed E-state index contributed by atoms with van der Waals surface area (Å²) in [5, 5.41) is 1.21. The van der Waals surface area contributed by atoms with E-state index in [2.05, 4.69) is 51.8 Å². The summed E-state index contributed by atoms with van der Waals surface area (Å²) in [6.45, 7) is 2.66. The summed E-state index contributed by atoms with van der Waals surface area (Å²) >= 11 is 0. The first-order valence-electron chi connectivity index (χ1n) is 6.79. The largest absolute Gasteiger partial charge is 0.494 e. The standard InChI is InChI=1S/C17H14N2O/c1-2-20-13-8-9-14-16(11-13)19-15-6-4-3-5-12(15)7-10-17(19)18-14/h3-11H,2H2,1H3. The van der Waals surface area contributed by atoms with Gasteiger partial charge in [-0.2, -0.15) is 0 Å². The normalized spacial score (nSPS) is 11.4. The molecule has 3 nitrogen and oxygen atoms in total. The molecular formula is C17H14N2O. The first kappa shape index (κ1) is 11.3. The minimum atomic E-state index is 0.670. The van der Waals surface area contributed by atoms with Crippen LogP contribution in [0.3, 0.4) is 0 Å². The van der Waals surface area contributed by atoms with Gasteiger partial charge in [-0.3, -0.25) is 4.40 Å². The topological polar surface area (TPSA) is 26.5 Å². The molecule has 98 valence electrons. The number of rotatable bonds is 2. The zero-order chi connectivity index (χ0) is 13.5. The van der Waals surface area contributed by atoms with Gasteiger partial charge in [-0.1, -0.05) is 18.2 Å². The van der Waals surface area contributed by atoms with E-state index in [-0.39, 0.29) is 0 Å². The zero-order valence-electron chi connectivity index (χ0n) is 11.2. The van der Waals surface area contributed by atoms with Crippen molar-refractivity contribution >= 4 is 27.6 Å². The molecule has 20 heavy (non-hydrogen) atoms. The van der Waals surface area contributed by atoms with Gasteiger partial charge in [0.05, 0.1) is 23.2 Å². The van der Waals surface area contributed by atoms with Gasteiger partial charge in [-0.25, -0.2) is 4.98 Å². The third-order valence-corrected chi connectivity index (χ3v) is 3.55. The average Bonchev–Trinajstić information content (AvgIpc) is 2.86. The molecule has 0 saturated carbocycles. The van der Waals surface area contributed by atoms with Crippen LogP contribution in [0.25, 0.3) is 27.6 Å². The van der Waals surface area contributed by atoms with E-state index in [1.165, 1.54) is 10.9 Å². The lowest BCUT2D eigenvalue weighted by atomic mass is 10.2. The highest BCUT2D eigenvalue weighted by Crippen LogP contribution is 2.26. The van der Waals surface area contributed by atoms with E-state index in [9.17, 15) is 0 Å². The third kappa shape index (κ3) is 1.56. The molecule has 0 bridgehead atoms. The van der Waals surface area contributed by atoms with Crippen molar-refractivity contribution in [2.24, 2.45) is 0 Å². The Morgan fingerprint density at radius 3 is 2.80 bits per heavy atom. The maximum absolute atomic E-state index is 5.60. The lowest BCUT2D eigenvalue weighted by Crippen LogP contribution is -1.92. The molecule has 0 aliphatic carbocycles. The number of imidazole rings is 1. The molecule has 2 aromatic heterocycles. The molecule has 0 aliphatic heterocycles. The molecule has 0 atom stereocenters. The van der Waals surface area contributed by atoms with Crippen LogP contribution >= 0.6 is 0 Å². The van der Waals surface area contributed by atoms with Crippen LogP contribution < -0.4 is 4.74 Å². The Morgan fingerprint density at radius 2 is 1.90 bits per heavy atom. The van der Waals surface area contributed by atoms with E-state index < -0.39 is 0 Å². The molecule has 0 aliphatic rings. The highest BCUT2D eigenvalue weighted by atomic mass is 16.5. The van der Waals surface area contributed by atoms with Crippen molar-refractivity contribution in [1.29, 1.82) is 0 Å². The molecule has 0 fully saturated rings. The number of benzene rings is 2. The molecule has 4 aromatic rings. The second kappa shape index (κ2) is 4.23. The van der Waals surface area contributed by atoms with Crippen LogP contribution in [0.1, 0.15) is 6.92 Å². The van der Waals surface area contributed by atoms with Gasteiger partial charge in [0.25, 0.3) is 0 Å². The molecule has 0 spiro atoms. The van der Waals surface area contributed by atoms with Gasteiger partial charge in [-0.05, 0) is 42.6 Å². The number of hydrogen-bond acceptors (Lipinski definition) is 2. The van der Waals surface area contributed by atoms with Gasteiger partial charge >= 0.3 is 0 Å². The maximum Gasteiger partial charge on any atom is 0.138 e. The fraction of sp³-hybridized carbons (Fsp3) is 0.118. The van der Waals surface area contributed by atoms with E-state index in [1.54, 1.807) is 0 Å². The summed E-state index contributed by atoms with van der Waals surface area (Å²) in [6, 6.07) is 18.6. The molecule has 0 N–H and O–H groups in total. The Hall–Kier alpha value is -2.55. The highest BCUT2D eigenvalue weighted by molar-refractivity contribution is 5.91. The molecule has 4 rings (SSSR count). The number of nitrogens with zero attached hydrogens (tertiary/aromatic N) is 2. The van der Waals surface area contributed by atoms with E-state index in [0.717, 1.165) is 22.4 Å². The number of ether oxygens (including phenoxy) is 1. The van der Waals surface area contributed by atoms with E-state index >= 15 is 0 Å². The molecule has 0 saturated heterocycles. The summed E-state index contributed by atoms with van der Waals surface area (Å²) in [5.41, 5.74) is 4.21. The van der Waals surface area contributed by atoms with Crippen molar-refractivity contribution < 1.29 is 4.74 Å². The Balaban J connectivity index is 2.16.